The number of rotatable bonds is 4. The van der Waals surface area contributed by atoms with Crippen LogP contribution in [-0.4, -0.2) is 10.2 Å². The second-order valence-corrected chi connectivity index (χ2v) is 5.76. The van der Waals surface area contributed by atoms with Crippen LogP contribution in [0.2, 0.25) is 0 Å². The van der Waals surface area contributed by atoms with Crippen LogP contribution in [0.25, 0.3) is 12.2 Å². The van der Waals surface area contributed by atoms with Crippen LogP contribution in [0.4, 0.5) is 8.78 Å². The van der Waals surface area contributed by atoms with E-state index < -0.39 is 11.6 Å². The lowest BCUT2D eigenvalue weighted by Crippen LogP contribution is -1.87. The SMILES string of the molecule is Fc1ccc(/C=C/c2nnc(Cc3cccc(Br)c3)o2)c(F)c1. The number of aromatic nitrogens is 2. The summed E-state index contributed by atoms with van der Waals surface area (Å²) in [6.07, 6.45) is 3.46. The molecule has 2 aromatic carbocycles. The molecule has 1 aromatic heterocycles. The summed E-state index contributed by atoms with van der Waals surface area (Å²) in [7, 11) is 0. The fraction of sp³-hybridized carbons (Fsp3) is 0.0588. The van der Waals surface area contributed by atoms with Crippen LogP contribution < -0.4 is 0 Å². The van der Waals surface area contributed by atoms with E-state index in [9.17, 15) is 8.78 Å². The molecule has 0 bridgehead atoms. The van der Waals surface area contributed by atoms with Crippen molar-refractivity contribution in [3.63, 3.8) is 0 Å². The molecule has 116 valence electrons. The molecule has 6 heteroatoms. The van der Waals surface area contributed by atoms with Crippen LogP contribution in [0.5, 0.6) is 0 Å². The van der Waals surface area contributed by atoms with Gasteiger partial charge >= 0.3 is 0 Å². The van der Waals surface area contributed by atoms with Crippen molar-refractivity contribution in [3.8, 4) is 0 Å². The van der Waals surface area contributed by atoms with Gasteiger partial charge in [0.1, 0.15) is 11.6 Å². The van der Waals surface area contributed by atoms with Gasteiger partial charge < -0.3 is 4.42 Å². The molecule has 0 N–H and O–H groups in total. The average Bonchev–Trinajstić information content (AvgIpc) is 2.94. The molecule has 0 fully saturated rings. The van der Waals surface area contributed by atoms with Crippen molar-refractivity contribution in [2.45, 2.75) is 6.42 Å². The molecule has 3 rings (SSSR count). The van der Waals surface area contributed by atoms with E-state index in [1.165, 1.54) is 24.3 Å². The number of hydrogen-bond acceptors (Lipinski definition) is 3. The third-order valence-electron chi connectivity index (χ3n) is 3.09. The van der Waals surface area contributed by atoms with E-state index in [4.69, 9.17) is 4.42 Å². The summed E-state index contributed by atoms with van der Waals surface area (Å²) in [5, 5.41) is 7.84. The van der Waals surface area contributed by atoms with Crippen LogP contribution >= 0.6 is 15.9 Å². The fourth-order valence-corrected chi connectivity index (χ4v) is 2.47. The first-order valence-corrected chi connectivity index (χ1v) is 7.59. The van der Waals surface area contributed by atoms with E-state index in [1.807, 2.05) is 24.3 Å². The Labute approximate surface area is 139 Å². The highest BCUT2D eigenvalue weighted by Crippen LogP contribution is 2.16. The molecule has 23 heavy (non-hydrogen) atoms. The van der Waals surface area contributed by atoms with Gasteiger partial charge in [-0.15, -0.1) is 10.2 Å². The Morgan fingerprint density at radius 3 is 2.70 bits per heavy atom. The Hall–Kier alpha value is -2.34. The van der Waals surface area contributed by atoms with Crippen molar-refractivity contribution in [2.24, 2.45) is 0 Å². The van der Waals surface area contributed by atoms with Crippen molar-refractivity contribution in [1.82, 2.24) is 10.2 Å². The fourth-order valence-electron chi connectivity index (χ4n) is 2.02. The van der Waals surface area contributed by atoms with Gasteiger partial charge in [0.25, 0.3) is 0 Å². The Bertz CT molecular complexity index is 861. The molecule has 0 saturated heterocycles. The second kappa shape index (κ2) is 6.83. The van der Waals surface area contributed by atoms with Gasteiger partial charge in [-0.2, -0.15) is 0 Å². The molecule has 0 radical (unpaired) electrons. The molecule has 0 aliphatic carbocycles. The Morgan fingerprint density at radius 2 is 1.91 bits per heavy atom. The number of hydrogen-bond donors (Lipinski definition) is 0. The molecule has 3 nitrogen and oxygen atoms in total. The summed E-state index contributed by atoms with van der Waals surface area (Å²) in [6.45, 7) is 0. The number of benzene rings is 2. The van der Waals surface area contributed by atoms with Gasteiger partial charge in [0.15, 0.2) is 0 Å². The van der Waals surface area contributed by atoms with E-state index in [1.54, 1.807) is 0 Å². The predicted octanol–water partition coefficient (Wildman–Crippen LogP) is 4.87. The monoisotopic (exact) mass is 376 g/mol. The summed E-state index contributed by atoms with van der Waals surface area (Å²) in [5.74, 6) is -0.537. The third kappa shape index (κ3) is 4.10. The lowest BCUT2D eigenvalue weighted by Gasteiger charge is -1.97. The maximum Gasteiger partial charge on any atom is 0.240 e. The topological polar surface area (TPSA) is 38.9 Å². The zero-order valence-corrected chi connectivity index (χ0v) is 13.4. The van der Waals surface area contributed by atoms with Crippen molar-refractivity contribution in [1.29, 1.82) is 0 Å². The predicted molar refractivity (Wildman–Crippen MR) is 86.5 cm³/mol. The Balaban J connectivity index is 1.73. The van der Waals surface area contributed by atoms with Crippen LogP contribution in [-0.2, 0) is 6.42 Å². The molecule has 0 atom stereocenters. The highest BCUT2D eigenvalue weighted by atomic mass is 79.9. The van der Waals surface area contributed by atoms with Gasteiger partial charge in [-0.1, -0.05) is 28.1 Å². The van der Waals surface area contributed by atoms with Crippen molar-refractivity contribution in [3.05, 3.63) is 81.5 Å². The normalized spacial score (nSPS) is 11.3. The maximum absolute atomic E-state index is 13.5. The van der Waals surface area contributed by atoms with Crippen LogP contribution in [0.3, 0.4) is 0 Å². The lowest BCUT2D eigenvalue weighted by molar-refractivity contribution is 0.496. The van der Waals surface area contributed by atoms with Crippen LogP contribution in [0, 0.1) is 11.6 Å². The Kier molecular flexibility index (Phi) is 4.62. The van der Waals surface area contributed by atoms with E-state index in [0.717, 1.165) is 16.1 Å². The first-order chi connectivity index (χ1) is 11.1. The molecule has 0 saturated carbocycles. The molecule has 0 unspecified atom stereocenters. The van der Waals surface area contributed by atoms with Gasteiger partial charge in [-0.05, 0) is 35.9 Å². The maximum atomic E-state index is 13.5. The van der Waals surface area contributed by atoms with Gasteiger partial charge in [-0.3, -0.25) is 0 Å². The van der Waals surface area contributed by atoms with E-state index in [-0.39, 0.29) is 11.5 Å². The zero-order chi connectivity index (χ0) is 16.2. The van der Waals surface area contributed by atoms with Crippen LogP contribution in [0.15, 0.2) is 51.4 Å². The first kappa shape index (κ1) is 15.6. The first-order valence-electron chi connectivity index (χ1n) is 6.80. The van der Waals surface area contributed by atoms with Crippen LogP contribution in [0.1, 0.15) is 22.9 Å². The van der Waals surface area contributed by atoms with E-state index in [2.05, 4.69) is 26.1 Å². The highest BCUT2D eigenvalue weighted by Gasteiger charge is 2.06. The summed E-state index contributed by atoms with van der Waals surface area (Å²) < 4.78 is 32.8. The largest absolute Gasteiger partial charge is 0.421 e. The van der Waals surface area contributed by atoms with Gasteiger partial charge in [0, 0.05) is 22.2 Å². The Morgan fingerprint density at radius 1 is 1.04 bits per heavy atom. The number of nitrogens with zero attached hydrogens (tertiary/aromatic N) is 2. The summed E-state index contributed by atoms with van der Waals surface area (Å²) in [6, 6.07) is 11.1. The molecule has 0 aliphatic rings. The minimum absolute atomic E-state index is 0.248. The molecule has 0 spiro atoms. The van der Waals surface area contributed by atoms with Crippen molar-refractivity contribution < 1.29 is 13.2 Å². The lowest BCUT2D eigenvalue weighted by atomic mass is 10.1. The van der Waals surface area contributed by atoms with Crippen molar-refractivity contribution in [2.75, 3.05) is 0 Å². The molecule has 0 amide bonds. The smallest absolute Gasteiger partial charge is 0.240 e. The molecular formula is C17H11BrF2N2O. The minimum atomic E-state index is -0.643. The molecule has 0 aliphatic heterocycles. The molecular weight excluding hydrogens is 366 g/mol. The van der Waals surface area contributed by atoms with Gasteiger partial charge in [0.05, 0.1) is 6.42 Å². The second-order valence-electron chi connectivity index (χ2n) is 4.84. The van der Waals surface area contributed by atoms with E-state index >= 15 is 0 Å². The summed E-state index contributed by atoms with van der Waals surface area (Å²) in [5.41, 5.74) is 1.28. The summed E-state index contributed by atoms with van der Waals surface area (Å²) in [4.78, 5) is 0. The minimum Gasteiger partial charge on any atom is -0.421 e. The number of halogens is 3. The molecule has 3 aromatic rings. The standard InChI is InChI=1S/C17H11BrF2N2O/c18-13-3-1-2-11(8-13)9-17-22-21-16(23-17)7-5-12-4-6-14(19)10-15(12)20/h1-8,10H,9H2/b7-5+. The third-order valence-corrected chi connectivity index (χ3v) is 3.59. The van der Waals surface area contributed by atoms with E-state index in [0.29, 0.717) is 12.3 Å². The quantitative estimate of drug-likeness (QED) is 0.651. The average molecular weight is 377 g/mol. The van der Waals surface area contributed by atoms with Gasteiger partial charge in [0.2, 0.25) is 11.8 Å². The van der Waals surface area contributed by atoms with Gasteiger partial charge in [-0.25, -0.2) is 8.78 Å². The highest BCUT2D eigenvalue weighted by molar-refractivity contribution is 9.10. The summed E-state index contributed by atoms with van der Waals surface area (Å²) >= 11 is 3.40. The zero-order valence-electron chi connectivity index (χ0n) is 11.8. The van der Waals surface area contributed by atoms with Crippen molar-refractivity contribution >= 4 is 28.1 Å². The molecule has 1 heterocycles.